The van der Waals surface area contributed by atoms with Crippen LogP contribution >= 0.6 is 0 Å². The third-order valence-electron chi connectivity index (χ3n) is 8.98. The van der Waals surface area contributed by atoms with Gasteiger partial charge in [0.05, 0.1) is 5.69 Å². The Morgan fingerprint density at radius 2 is 1.75 bits per heavy atom. The fourth-order valence-corrected chi connectivity index (χ4v) is 6.65. The van der Waals surface area contributed by atoms with Gasteiger partial charge in [0.2, 0.25) is 5.91 Å². The van der Waals surface area contributed by atoms with Crippen LogP contribution in [0.2, 0.25) is 0 Å². The van der Waals surface area contributed by atoms with Crippen LogP contribution in [0.25, 0.3) is 0 Å². The third-order valence-corrected chi connectivity index (χ3v) is 8.98. The molecule has 2 aromatic carbocycles. The van der Waals surface area contributed by atoms with Gasteiger partial charge in [0.25, 0.3) is 0 Å². The molecule has 2 aliphatic heterocycles. The highest BCUT2D eigenvalue weighted by atomic mass is 19.1. The number of alkyl carbamates (subject to hydrolysis) is 1. The molecule has 1 atom stereocenters. The van der Waals surface area contributed by atoms with Crippen LogP contribution < -0.4 is 15.5 Å². The molecule has 1 saturated carbocycles. The highest BCUT2D eigenvalue weighted by molar-refractivity contribution is 5.99. The van der Waals surface area contributed by atoms with Crippen LogP contribution in [0.5, 0.6) is 0 Å². The molecular weight excluding hydrogens is 565 g/mol. The van der Waals surface area contributed by atoms with E-state index >= 15 is 4.39 Å². The van der Waals surface area contributed by atoms with E-state index in [1.54, 1.807) is 26.8 Å². The number of halogens is 1. The Bertz CT molecular complexity index is 1350. The molecule has 1 spiro atoms. The van der Waals surface area contributed by atoms with E-state index in [0.717, 1.165) is 31.2 Å². The number of fused-ring (bicyclic) bond motifs is 2. The standard InChI is InChI=1S/C34H44FN3O6/c1-22-10-12-24(13-11-22)29(37-31(40)43-20-23-8-6-5-7-9-23)30(39)36-25-18-26(35)28-27(19-25)38(32(41)44-33(2,3)4)21-34(28)14-16-42-17-15-34/h5-9,18-19,22,24,29H,10-17,20-21H2,1-4H3,(H,36,39)(H,37,40). The Kier molecular flexibility index (Phi) is 9.48. The van der Waals surface area contributed by atoms with E-state index in [9.17, 15) is 14.4 Å². The topological polar surface area (TPSA) is 106 Å². The molecule has 0 bridgehead atoms. The molecule has 2 N–H and O–H groups in total. The number of hydrogen-bond donors (Lipinski definition) is 2. The molecule has 1 aliphatic carbocycles. The molecule has 3 amide bonds. The van der Waals surface area contributed by atoms with Crippen LogP contribution in [0, 0.1) is 17.7 Å². The number of ether oxygens (including phenoxy) is 3. The SMILES string of the molecule is CC1CCC(C(NC(=O)OCc2ccccc2)C(=O)Nc2cc(F)c3c(c2)N(C(=O)OC(C)(C)C)CC32CCOCC2)CC1. The minimum Gasteiger partial charge on any atom is -0.445 e. The summed E-state index contributed by atoms with van der Waals surface area (Å²) in [5.74, 6) is -0.507. The molecule has 2 fully saturated rings. The summed E-state index contributed by atoms with van der Waals surface area (Å²) >= 11 is 0. The second-order valence-corrected chi connectivity index (χ2v) is 13.5. The van der Waals surface area contributed by atoms with E-state index in [1.165, 1.54) is 11.0 Å². The van der Waals surface area contributed by atoms with E-state index in [2.05, 4.69) is 17.6 Å². The first-order valence-electron chi connectivity index (χ1n) is 15.6. The van der Waals surface area contributed by atoms with Crippen molar-refractivity contribution in [2.75, 3.05) is 30.0 Å². The second-order valence-electron chi connectivity index (χ2n) is 13.5. The zero-order valence-electron chi connectivity index (χ0n) is 26.1. The molecule has 5 rings (SSSR count). The maximum atomic E-state index is 16.0. The Hall–Kier alpha value is -3.66. The normalized spacial score (nSPS) is 21.7. The van der Waals surface area contributed by atoms with E-state index in [4.69, 9.17) is 14.2 Å². The molecule has 238 valence electrons. The average Bonchev–Trinajstić information content (AvgIpc) is 3.29. The van der Waals surface area contributed by atoms with E-state index in [-0.39, 0.29) is 24.8 Å². The van der Waals surface area contributed by atoms with Gasteiger partial charge in [-0.25, -0.2) is 14.0 Å². The minimum absolute atomic E-state index is 0.0754. The van der Waals surface area contributed by atoms with Crippen LogP contribution in [-0.4, -0.2) is 49.5 Å². The predicted octanol–water partition coefficient (Wildman–Crippen LogP) is 6.69. The molecule has 2 aromatic rings. The van der Waals surface area contributed by atoms with E-state index in [1.807, 2.05) is 30.3 Å². The maximum absolute atomic E-state index is 16.0. The smallest absolute Gasteiger partial charge is 0.414 e. The van der Waals surface area contributed by atoms with Gasteiger partial charge < -0.3 is 24.8 Å². The number of hydrogen-bond acceptors (Lipinski definition) is 6. The summed E-state index contributed by atoms with van der Waals surface area (Å²) in [5, 5.41) is 5.64. The van der Waals surface area contributed by atoms with Gasteiger partial charge in [0.1, 0.15) is 24.1 Å². The van der Waals surface area contributed by atoms with Gasteiger partial charge >= 0.3 is 12.2 Å². The van der Waals surface area contributed by atoms with Crippen LogP contribution in [0.15, 0.2) is 42.5 Å². The average molecular weight is 610 g/mol. The molecule has 2 heterocycles. The first-order chi connectivity index (χ1) is 20.9. The quantitative estimate of drug-likeness (QED) is 0.378. The van der Waals surface area contributed by atoms with Gasteiger partial charge in [-0.15, -0.1) is 0 Å². The van der Waals surface area contributed by atoms with Gasteiger partial charge in [-0.3, -0.25) is 9.69 Å². The lowest BCUT2D eigenvalue weighted by molar-refractivity contribution is -0.119. The lowest BCUT2D eigenvalue weighted by atomic mass is 9.75. The number of amides is 3. The van der Waals surface area contributed by atoms with Crippen LogP contribution in [-0.2, 0) is 31.0 Å². The van der Waals surface area contributed by atoms with Gasteiger partial charge in [-0.1, -0.05) is 50.1 Å². The van der Waals surface area contributed by atoms with Crippen molar-refractivity contribution in [3.63, 3.8) is 0 Å². The largest absolute Gasteiger partial charge is 0.445 e. The summed E-state index contributed by atoms with van der Waals surface area (Å²) in [6.07, 6.45) is 3.31. The summed E-state index contributed by atoms with van der Waals surface area (Å²) in [6.45, 7) is 8.81. The molecule has 44 heavy (non-hydrogen) atoms. The number of carbonyl (C=O) groups is 3. The van der Waals surface area contributed by atoms with Gasteiger partial charge in [0.15, 0.2) is 0 Å². The summed E-state index contributed by atoms with van der Waals surface area (Å²) in [4.78, 5) is 41.4. The van der Waals surface area contributed by atoms with E-state index < -0.39 is 41.0 Å². The minimum atomic E-state index is -0.870. The lowest BCUT2D eigenvalue weighted by Gasteiger charge is -2.34. The molecule has 9 nitrogen and oxygen atoms in total. The Morgan fingerprint density at radius 3 is 2.41 bits per heavy atom. The van der Waals surface area contributed by atoms with Crippen LogP contribution in [0.1, 0.15) is 77.3 Å². The van der Waals surface area contributed by atoms with E-state index in [0.29, 0.717) is 43.2 Å². The van der Waals surface area contributed by atoms with Crippen LogP contribution in [0.3, 0.4) is 0 Å². The van der Waals surface area contributed by atoms with Crippen molar-refractivity contribution in [3.05, 3.63) is 59.4 Å². The van der Waals surface area contributed by atoms with Crippen molar-refractivity contribution in [2.24, 2.45) is 11.8 Å². The van der Waals surface area contributed by atoms with Gasteiger partial charge in [-0.05, 0) is 76.0 Å². The molecular formula is C34H44FN3O6. The molecule has 3 aliphatic rings. The Labute approximate surface area is 258 Å². The number of anilines is 2. The monoisotopic (exact) mass is 609 g/mol. The Balaban J connectivity index is 1.38. The molecule has 10 heteroatoms. The third kappa shape index (κ3) is 7.34. The van der Waals surface area contributed by atoms with Crippen molar-refractivity contribution >= 4 is 29.5 Å². The first kappa shape index (κ1) is 31.8. The number of rotatable bonds is 6. The fraction of sp³-hybridized carbons (Fsp3) is 0.559. The van der Waals surface area contributed by atoms with Crippen molar-refractivity contribution in [1.29, 1.82) is 0 Å². The zero-order chi connectivity index (χ0) is 31.5. The number of nitrogens with one attached hydrogen (secondary N) is 2. The maximum Gasteiger partial charge on any atom is 0.414 e. The summed E-state index contributed by atoms with van der Waals surface area (Å²) in [6, 6.07) is 11.4. The molecule has 0 radical (unpaired) electrons. The summed E-state index contributed by atoms with van der Waals surface area (Å²) in [5.41, 5.74) is 0.541. The summed E-state index contributed by atoms with van der Waals surface area (Å²) in [7, 11) is 0. The fourth-order valence-electron chi connectivity index (χ4n) is 6.65. The number of carbonyl (C=O) groups excluding carboxylic acids is 3. The number of benzene rings is 2. The second kappa shape index (κ2) is 13.1. The molecule has 1 unspecified atom stereocenters. The van der Waals surface area contributed by atoms with Crippen molar-refractivity contribution in [2.45, 2.75) is 89.9 Å². The first-order valence-corrected chi connectivity index (χ1v) is 15.6. The number of nitrogens with zero attached hydrogens (tertiary/aromatic N) is 1. The highest BCUT2D eigenvalue weighted by Crippen LogP contribution is 2.49. The van der Waals surface area contributed by atoms with Crippen molar-refractivity contribution in [1.82, 2.24) is 5.32 Å². The van der Waals surface area contributed by atoms with Crippen molar-refractivity contribution in [3.8, 4) is 0 Å². The van der Waals surface area contributed by atoms with Crippen LogP contribution in [0.4, 0.5) is 25.4 Å². The zero-order valence-corrected chi connectivity index (χ0v) is 26.1. The highest BCUT2D eigenvalue weighted by Gasteiger charge is 2.49. The van der Waals surface area contributed by atoms with Crippen molar-refractivity contribution < 1.29 is 33.0 Å². The lowest BCUT2D eigenvalue weighted by Crippen LogP contribution is -2.49. The molecule has 1 saturated heterocycles. The van der Waals surface area contributed by atoms with Gasteiger partial charge in [-0.2, -0.15) is 0 Å². The Morgan fingerprint density at radius 1 is 1.07 bits per heavy atom. The predicted molar refractivity (Wildman–Crippen MR) is 165 cm³/mol. The van der Waals surface area contributed by atoms with Gasteiger partial charge in [0, 0.05) is 36.4 Å². The molecule has 0 aromatic heterocycles. The summed E-state index contributed by atoms with van der Waals surface area (Å²) < 4.78 is 32.7.